The van der Waals surface area contributed by atoms with Gasteiger partial charge in [0.15, 0.2) is 0 Å². The third-order valence-corrected chi connectivity index (χ3v) is 5.17. The summed E-state index contributed by atoms with van der Waals surface area (Å²) in [5.74, 6) is 0.0733. The molecule has 7 nitrogen and oxygen atoms in total. The highest BCUT2D eigenvalue weighted by Gasteiger charge is 2.23. The van der Waals surface area contributed by atoms with Crippen LogP contribution in [0.25, 0.3) is 11.0 Å². The molecule has 0 radical (unpaired) electrons. The van der Waals surface area contributed by atoms with Gasteiger partial charge in [-0.15, -0.1) is 0 Å². The average Bonchev–Trinajstić information content (AvgIpc) is 3.08. The van der Waals surface area contributed by atoms with Gasteiger partial charge >= 0.3 is 0 Å². The first-order chi connectivity index (χ1) is 13.2. The van der Waals surface area contributed by atoms with Gasteiger partial charge in [-0.3, -0.25) is 24.3 Å². The van der Waals surface area contributed by atoms with Crippen molar-refractivity contribution >= 4 is 16.9 Å². The van der Waals surface area contributed by atoms with Crippen LogP contribution in [0.4, 0.5) is 0 Å². The van der Waals surface area contributed by atoms with Gasteiger partial charge in [-0.2, -0.15) is 5.10 Å². The number of amides is 1. The molecule has 27 heavy (non-hydrogen) atoms. The Bertz CT molecular complexity index is 910. The van der Waals surface area contributed by atoms with E-state index in [2.05, 4.69) is 26.9 Å². The summed E-state index contributed by atoms with van der Waals surface area (Å²) in [4.78, 5) is 26.0. The van der Waals surface area contributed by atoms with Crippen LogP contribution in [-0.4, -0.2) is 67.7 Å². The van der Waals surface area contributed by atoms with Gasteiger partial charge in [0.1, 0.15) is 0 Å². The highest BCUT2D eigenvalue weighted by molar-refractivity contribution is 5.97. The van der Waals surface area contributed by atoms with Crippen LogP contribution in [0.2, 0.25) is 0 Å². The highest BCUT2D eigenvalue weighted by Crippen LogP contribution is 2.15. The zero-order chi connectivity index (χ0) is 18.6. The van der Waals surface area contributed by atoms with Gasteiger partial charge < -0.3 is 4.90 Å². The van der Waals surface area contributed by atoms with E-state index in [9.17, 15) is 4.79 Å². The third kappa shape index (κ3) is 3.98. The molecule has 0 aliphatic carbocycles. The summed E-state index contributed by atoms with van der Waals surface area (Å²) in [6.45, 7) is 6.48. The van der Waals surface area contributed by atoms with Crippen molar-refractivity contribution in [2.75, 3.05) is 26.2 Å². The smallest absolute Gasteiger partial charge is 0.253 e. The first kappa shape index (κ1) is 17.6. The lowest BCUT2D eigenvalue weighted by molar-refractivity contribution is 0.0757. The summed E-state index contributed by atoms with van der Waals surface area (Å²) in [5, 5.41) is 4.30. The van der Waals surface area contributed by atoms with E-state index < -0.39 is 0 Å². The van der Waals surface area contributed by atoms with Crippen molar-refractivity contribution in [1.29, 1.82) is 0 Å². The first-order valence-corrected chi connectivity index (χ1v) is 9.42. The molecule has 4 rings (SSSR count). The fourth-order valence-corrected chi connectivity index (χ4v) is 3.65. The van der Waals surface area contributed by atoms with Gasteiger partial charge in [0, 0.05) is 62.6 Å². The van der Waals surface area contributed by atoms with Crippen LogP contribution in [0.5, 0.6) is 0 Å². The van der Waals surface area contributed by atoms with Crippen LogP contribution in [0.1, 0.15) is 23.7 Å². The van der Waals surface area contributed by atoms with Crippen LogP contribution in [0, 0.1) is 0 Å². The summed E-state index contributed by atoms with van der Waals surface area (Å²) >= 11 is 0. The van der Waals surface area contributed by atoms with Crippen molar-refractivity contribution in [3.05, 3.63) is 54.6 Å². The first-order valence-electron chi connectivity index (χ1n) is 9.42. The molecular formula is C20H24N6O. The van der Waals surface area contributed by atoms with Crippen molar-refractivity contribution in [3.8, 4) is 0 Å². The van der Waals surface area contributed by atoms with E-state index in [0.29, 0.717) is 11.6 Å². The highest BCUT2D eigenvalue weighted by atomic mass is 16.2. The average molecular weight is 364 g/mol. The number of nitrogens with zero attached hydrogens (tertiary/aromatic N) is 6. The Morgan fingerprint density at radius 3 is 2.74 bits per heavy atom. The van der Waals surface area contributed by atoms with Crippen LogP contribution in [-0.2, 0) is 6.54 Å². The number of hydrogen-bond donors (Lipinski definition) is 0. The number of carbonyl (C=O) groups excluding carboxylic acids is 1. The molecule has 2 aromatic heterocycles. The van der Waals surface area contributed by atoms with Crippen molar-refractivity contribution in [2.45, 2.75) is 25.9 Å². The second-order valence-electron chi connectivity index (χ2n) is 7.02. The minimum atomic E-state index is 0.0733. The largest absolute Gasteiger partial charge is 0.337 e. The standard InChI is InChI=1S/C20H24N6O/c1-16(15-26-11-2-6-23-26)24-9-3-10-25(13-12-24)20(27)17-4-5-18-19(14-17)22-8-7-21-18/h2,4-8,11,14,16H,3,9-10,12-13,15H2,1H3. The molecule has 1 atom stereocenters. The number of benzene rings is 1. The number of rotatable bonds is 4. The molecule has 0 N–H and O–H groups in total. The van der Waals surface area contributed by atoms with E-state index in [-0.39, 0.29) is 5.91 Å². The lowest BCUT2D eigenvalue weighted by Crippen LogP contribution is -2.40. The van der Waals surface area contributed by atoms with Gasteiger partial charge in [0.25, 0.3) is 5.91 Å². The number of aromatic nitrogens is 4. The summed E-state index contributed by atoms with van der Waals surface area (Å²) in [6, 6.07) is 7.89. The van der Waals surface area contributed by atoms with Crippen LogP contribution in [0.15, 0.2) is 49.1 Å². The second kappa shape index (κ2) is 7.84. The van der Waals surface area contributed by atoms with Gasteiger partial charge in [0.2, 0.25) is 0 Å². The maximum Gasteiger partial charge on any atom is 0.253 e. The molecule has 1 amide bonds. The third-order valence-electron chi connectivity index (χ3n) is 5.17. The zero-order valence-electron chi connectivity index (χ0n) is 15.5. The van der Waals surface area contributed by atoms with E-state index in [1.54, 1.807) is 12.4 Å². The maximum absolute atomic E-state index is 13.0. The Balaban J connectivity index is 1.41. The van der Waals surface area contributed by atoms with Crippen LogP contribution < -0.4 is 0 Å². The van der Waals surface area contributed by atoms with Gasteiger partial charge in [-0.25, -0.2) is 0 Å². The van der Waals surface area contributed by atoms with Crippen molar-refractivity contribution < 1.29 is 4.79 Å². The Morgan fingerprint density at radius 1 is 1.07 bits per heavy atom. The molecule has 1 unspecified atom stereocenters. The number of fused-ring (bicyclic) bond motifs is 1. The molecular weight excluding hydrogens is 340 g/mol. The maximum atomic E-state index is 13.0. The Morgan fingerprint density at radius 2 is 1.93 bits per heavy atom. The van der Waals surface area contributed by atoms with E-state index in [0.717, 1.165) is 50.2 Å². The molecule has 0 spiro atoms. The van der Waals surface area contributed by atoms with Crippen LogP contribution >= 0.6 is 0 Å². The molecule has 1 fully saturated rings. The Labute approximate surface area is 158 Å². The SMILES string of the molecule is CC(Cn1cccn1)N1CCCN(C(=O)c2ccc3nccnc3c2)CC1. The summed E-state index contributed by atoms with van der Waals surface area (Å²) in [6.07, 6.45) is 8.10. The van der Waals surface area contributed by atoms with Gasteiger partial charge in [0.05, 0.1) is 17.6 Å². The molecule has 7 heteroatoms. The fraction of sp³-hybridized carbons (Fsp3) is 0.400. The number of hydrogen-bond acceptors (Lipinski definition) is 5. The summed E-state index contributed by atoms with van der Waals surface area (Å²) < 4.78 is 1.97. The molecule has 0 bridgehead atoms. The fourth-order valence-electron chi connectivity index (χ4n) is 3.65. The Hall–Kier alpha value is -2.80. The second-order valence-corrected chi connectivity index (χ2v) is 7.02. The molecule has 1 aliphatic heterocycles. The molecule has 0 saturated carbocycles. The minimum absolute atomic E-state index is 0.0733. The molecule has 3 heterocycles. The van der Waals surface area contributed by atoms with Crippen molar-refractivity contribution in [3.63, 3.8) is 0 Å². The quantitative estimate of drug-likeness (QED) is 0.709. The normalized spacial score (nSPS) is 17.0. The van der Waals surface area contributed by atoms with Crippen molar-refractivity contribution in [2.24, 2.45) is 0 Å². The number of carbonyl (C=O) groups is 1. The molecule has 1 aromatic carbocycles. The minimum Gasteiger partial charge on any atom is -0.337 e. The van der Waals surface area contributed by atoms with Gasteiger partial charge in [-0.05, 0) is 37.6 Å². The van der Waals surface area contributed by atoms with Gasteiger partial charge in [-0.1, -0.05) is 0 Å². The van der Waals surface area contributed by atoms with E-state index in [1.165, 1.54) is 0 Å². The predicted octanol–water partition coefficient (Wildman–Crippen LogP) is 2.06. The predicted molar refractivity (Wildman–Crippen MR) is 103 cm³/mol. The lowest BCUT2D eigenvalue weighted by Gasteiger charge is -2.27. The molecule has 1 aliphatic rings. The zero-order valence-corrected chi connectivity index (χ0v) is 15.5. The summed E-state index contributed by atoms with van der Waals surface area (Å²) in [7, 11) is 0. The van der Waals surface area contributed by atoms with Crippen LogP contribution in [0.3, 0.4) is 0 Å². The molecule has 140 valence electrons. The van der Waals surface area contributed by atoms with E-state index in [1.807, 2.05) is 46.2 Å². The molecule has 1 saturated heterocycles. The lowest BCUT2D eigenvalue weighted by atomic mass is 10.1. The monoisotopic (exact) mass is 364 g/mol. The molecule has 3 aromatic rings. The van der Waals surface area contributed by atoms with E-state index in [4.69, 9.17) is 0 Å². The van der Waals surface area contributed by atoms with E-state index >= 15 is 0 Å². The summed E-state index contributed by atoms with van der Waals surface area (Å²) in [5.41, 5.74) is 2.25. The Kier molecular flexibility index (Phi) is 5.11. The van der Waals surface area contributed by atoms with Crippen molar-refractivity contribution in [1.82, 2.24) is 29.5 Å². The topological polar surface area (TPSA) is 67.2 Å².